The first-order valence-electron chi connectivity index (χ1n) is 10.6. The molecule has 5 rings (SSSR count). The summed E-state index contributed by atoms with van der Waals surface area (Å²) < 4.78 is 29.7. The number of imidazole rings is 1. The number of carbonyl (C=O) groups is 1. The molecular weight excluding hydrogens is 438 g/mol. The molecule has 0 saturated carbocycles. The zero-order chi connectivity index (χ0) is 23.2. The van der Waals surface area contributed by atoms with Gasteiger partial charge in [-0.3, -0.25) is 4.79 Å². The largest absolute Gasteiger partial charge is 0.491 e. The van der Waals surface area contributed by atoms with Crippen LogP contribution >= 0.6 is 0 Å². The summed E-state index contributed by atoms with van der Waals surface area (Å²) in [6.07, 6.45) is 2.84. The smallest absolute Gasteiger partial charge is 0.254 e. The van der Waals surface area contributed by atoms with Gasteiger partial charge in [-0.15, -0.1) is 0 Å². The van der Waals surface area contributed by atoms with Crippen molar-refractivity contribution in [1.29, 1.82) is 0 Å². The van der Waals surface area contributed by atoms with Crippen molar-refractivity contribution in [3.63, 3.8) is 0 Å². The molecule has 0 radical (unpaired) electrons. The first-order valence-corrected chi connectivity index (χ1v) is 12.5. The summed E-state index contributed by atoms with van der Waals surface area (Å²) >= 11 is 0. The molecule has 33 heavy (non-hydrogen) atoms. The molecule has 8 heteroatoms. The Labute approximate surface area is 192 Å². The molecule has 3 aromatic carbocycles. The molecule has 0 spiro atoms. The van der Waals surface area contributed by atoms with Gasteiger partial charge in [0.2, 0.25) is 0 Å². The molecule has 1 aliphatic heterocycles. The van der Waals surface area contributed by atoms with E-state index in [2.05, 4.69) is 22.1 Å². The molecule has 0 unspecified atom stereocenters. The number of carbonyl (C=O) groups excluding carboxylic acids is 1. The van der Waals surface area contributed by atoms with Gasteiger partial charge in [0.1, 0.15) is 12.4 Å². The minimum atomic E-state index is -3.34. The normalized spacial score (nSPS) is 13.9. The molecule has 1 aliphatic rings. The van der Waals surface area contributed by atoms with Gasteiger partial charge in [-0.25, -0.2) is 13.4 Å². The maximum Gasteiger partial charge on any atom is 0.254 e. The van der Waals surface area contributed by atoms with Crippen molar-refractivity contribution < 1.29 is 17.9 Å². The summed E-state index contributed by atoms with van der Waals surface area (Å²) in [4.78, 5) is 22.6. The van der Waals surface area contributed by atoms with Gasteiger partial charge in [-0.2, -0.15) is 0 Å². The van der Waals surface area contributed by atoms with Crippen molar-refractivity contribution in [1.82, 2.24) is 14.9 Å². The van der Waals surface area contributed by atoms with Crippen LogP contribution in [0.4, 0.5) is 0 Å². The molecule has 0 saturated heterocycles. The van der Waals surface area contributed by atoms with Crippen LogP contribution in [-0.2, 0) is 16.4 Å². The fourth-order valence-electron chi connectivity index (χ4n) is 4.24. The number of ether oxygens (including phenoxy) is 1. The lowest BCUT2D eigenvalue weighted by molar-refractivity contribution is 0.0733. The van der Waals surface area contributed by atoms with E-state index < -0.39 is 9.84 Å². The summed E-state index contributed by atoms with van der Waals surface area (Å²) in [6.45, 7) is 2.94. The standard InChI is InChI=1S/C25H23N3O4S/c1-16-11-19(5-8-24(16)33(2,30)31)25(29)28-9-10-32-23-7-4-17(12-20(23)14-28)18-3-6-21-22(13-18)27-15-26-21/h3-8,11-13,15H,9-10,14H2,1-2H3,(H,26,27). The van der Waals surface area contributed by atoms with Gasteiger partial charge in [0, 0.05) is 23.9 Å². The Hall–Kier alpha value is -3.65. The van der Waals surface area contributed by atoms with Gasteiger partial charge in [0.25, 0.3) is 5.91 Å². The second-order valence-electron chi connectivity index (χ2n) is 8.28. The zero-order valence-corrected chi connectivity index (χ0v) is 19.1. The molecule has 1 N–H and O–H groups in total. The number of hydrogen-bond acceptors (Lipinski definition) is 5. The van der Waals surface area contributed by atoms with E-state index in [1.54, 1.807) is 30.3 Å². The number of aryl methyl sites for hydroxylation is 1. The summed E-state index contributed by atoms with van der Waals surface area (Å²) in [5.74, 6) is 0.610. The molecule has 2 heterocycles. The Kier molecular flexibility index (Phi) is 5.17. The van der Waals surface area contributed by atoms with Crippen LogP contribution in [0.5, 0.6) is 5.75 Å². The number of aromatic nitrogens is 2. The number of sulfone groups is 1. The van der Waals surface area contributed by atoms with Crippen LogP contribution in [-0.4, -0.2) is 48.6 Å². The van der Waals surface area contributed by atoms with Gasteiger partial charge in [-0.05, 0) is 66.1 Å². The molecule has 0 atom stereocenters. The maximum atomic E-state index is 13.3. The number of hydrogen-bond donors (Lipinski definition) is 1. The molecule has 7 nitrogen and oxygen atoms in total. The first-order chi connectivity index (χ1) is 15.8. The minimum Gasteiger partial charge on any atom is -0.491 e. The number of H-pyrrole nitrogens is 1. The average molecular weight is 462 g/mol. The zero-order valence-electron chi connectivity index (χ0n) is 18.3. The van der Waals surface area contributed by atoms with Crippen LogP contribution in [0, 0.1) is 6.92 Å². The van der Waals surface area contributed by atoms with Crippen molar-refractivity contribution in [3.8, 4) is 16.9 Å². The van der Waals surface area contributed by atoms with E-state index in [-0.39, 0.29) is 10.8 Å². The summed E-state index contributed by atoms with van der Waals surface area (Å²) in [5.41, 5.74) is 5.89. The highest BCUT2D eigenvalue weighted by Crippen LogP contribution is 2.31. The molecule has 168 valence electrons. The van der Waals surface area contributed by atoms with E-state index in [9.17, 15) is 13.2 Å². The number of amides is 1. The average Bonchev–Trinajstić information content (AvgIpc) is 3.15. The second kappa shape index (κ2) is 8.04. The lowest BCUT2D eigenvalue weighted by Gasteiger charge is -2.20. The van der Waals surface area contributed by atoms with Crippen molar-refractivity contribution >= 4 is 26.8 Å². The maximum absolute atomic E-state index is 13.3. The van der Waals surface area contributed by atoms with Gasteiger partial charge >= 0.3 is 0 Å². The monoisotopic (exact) mass is 461 g/mol. The Balaban J connectivity index is 1.44. The summed E-state index contributed by atoms with van der Waals surface area (Å²) in [6, 6.07) is 16.8. The molecule has 0 aliphatic carbocycles. The van der Waals surface area contributed by atoms with Crippen molar-refractivity contribution in [2.24, 2.45) is 0 Å². The number of nitrogens with one attached hydrogen (secondary N) is 1. The van der Waals surface area contributed by atoms with Crippen LogP contribution in [0.3, 0.4) is 0 Å². The van der Waals surface area contributed by atoms with Crippen molar-refractivity contribution in [2.45, 2.75) is 18.4 Å². The number of rotatable bonds is 3. The van der Waals surface area contributed by atoms with E-state index in [0.29, 0.717) is 30.8 Å². The number of fused-ring (bicyclic) bond motifs is 2. The van der Waals surface area contributed by atoms with Crippen molar-refractivity contribution in [2.75, 3.05) is 19.4 Å². The molecule has 4 aromatic rings. The van der Waals surface area contributed by atoms with Gasteiger partial charge in [0.15, 0.2) is 9.84 Å². The predicted molar refractivity (Wildman–Crippen MR) is 126 cm³/mol. The van der Waals surface area contributed by atoms with Gasteiger partial charge in [0.05, 0.1) is 28.8 Å². The topological polar surface area (TPSA) is 92.4 Å². The summed E-state index contributed by atoms with van der Waals surface area (Å²) in [7, 11) is -3.34. The molecule has 1 amide bonds. The van der Waals surface area contributed by atoms with Gasteiger partial charge < -0.3 is 14.6 Å². The molecule has 1 aromatic heterocycles. The number of aromatic amines is 1. The lowest BCUT2D eigenvalue weighted by atomic mass is 10.0. The fourth-order valence-corrected chi connectivity index (χ4v) is 5.20. The highest BCUT2D eigenvalue weighted by Gasteiger charge is 2.23. The van der Waals surface area contributed by atoms with E-state index >= 15 is 0 Å². The minimum absolute atomic E-state index is 0.154. The summed E-state index contributed by atoms with van der Waals surface area (Å²) in [5, 5.41) is 0. The van der Waals surface area contributed by atoms with E-state index in [1.165, 1.54) is 12.3 Å². The Bertz CT molecular complexity index is 1490. The van der Waals surface area contributed by atoms with Crippen LogP contribution in [0.1, 0.15) is 21.5 Å². The van der Waals surface area contributed by atoms with Gasteiger partial charge in [-0.1, -0.05) is 12.1 Å². The Morgan fingerprint density at radius 1 is 1.06 bits per heavy atom. The molecule has 0 bridgehead atoms. The van der Waals surface area contributed by atoms with Crippen LogP contribution < -0.4 is 4.74 Å². The second-order valence-corrected chi connectivity index (χ2v) is 10.3. The van der Waals surface area contributed by atoms with E-state index in [4.69, 9.17) is 4.74 Å². The third-order valence-corrected chi connectivity index (χ3v) is 7.16. The Morgan fingerprint density at radius 2 is 1.85 bits per heavy atom. The highest BCUT2D eigenvalue weighted by molar-refractivity contribution is 7.90. The third-order valence-electron chi connectivity index (χ3n) is 5.90. The SMILES string of the molecule is Cc1cc(C(=O)N2CCOc3ccc(-c4ccc5nc[nH]c5c4)cc3C2)ccc1S(C)(=O)=O. The fraction of sp³-hybridized carbons (Fsp3) is 0.200. The number of benzene rings is 3. The van der Waals surface area contributed by atoms with E-state index in [1.807, 2.05) is 24.3 Å². The van der Waals surface area contributed by atoms with Crippen LogP contribution in [0.25, 0.3) is 22.2 Å². The quantitative estimate of drug-likeness (QED) is 0.498. The molecule has 0 fully saturated rings. The Morgan fingerprint density at radius 3 is 2.64 bits per heavy atom. The number of nitrogens with zero attached hydrogens (tertiary/aromatic N) is 2. The molecular formula is C25H23N3O4S. The van der Waals surface area contributed by atoms with Crippen LogP contribution in [0.15, 0.2) is 65.8 Å². The van der Waals surface area contributed by atoms with E-state index in [0.717, 1.165) is 33.5 Å². The lowest BCUT2D eigenvalue weighted by Crippen LogP contribution is -2.32. The predicted octanol–water partition coefficient (Wildman–Crippen LogP) is 3.98. The van der Waals surface area contributed by atoms with Crippen LogP contribution in [0.2, 0.25) is 0 Å². The highest BCUT2D eigenvalue weighted by atomic mass is 32.2. The third kappa shape index (κ3) is 4.09. The van der Waals surface area contributed by atoms with Crippen molar-refractivity contribution in [3.05, 3.63) is 77.6 Å². The first kappa shape index (κ1) is 21.2.